The molecule has 0 spiro atoms. The van der Waals surface area contributed by atoms with Gasteiger partial charge in [0.1, 0.15) is 0 Å². The molecule has 1 aromatic carbocycles. The molecule has 0 heterocycles. The third kappa shape index (κ3) is 3.08. The fourth-order valence-corrected chi connectivity index (χ4v) is 1.27. The van der Waals surface area contributed by atoms with Crippen LogP contribution in [-0.2, 0) is 6.42 Å². The third-order valence-corrected chi connectivity index (χ3v) is 2.06. The van der Waals surface area contributed by atoms with E-state index in [4.69, 9.17) is 0 Å². The van der Waals surface area contributed by atoms with Crippen LogP contribution in [0.25, 0.3) is 0 Å². The minimum absolute atomic E-state index is 1.02. The first-order valence-electron chi connectivity index (χ1n) is 4.99. The zero-order chi connectivity index (χ0) is 8.81. The monoisotopic (exact) mass is 162 g/mol. The first-order chi connectivity index (χ1) is 5.95. The van der Waals surface area contributed by atoms with Gasteiger partial charge in [0.2, 0.25) is 0 Å². The van der Waals surface area contributed by atoms with Crippen LogP contribution in [0, 0.1) is 5.92 Å². The van der Waals surface area contributed by atoms with Gasteiger partial charge in [0.25, 0.3) is 0 Å². The van der Waals surface area contributed by atoms with Crippen LogP contribution >= 0.6 is 0 Å². The second-order valence-electron chi connectivity index (χ2n) is 3.13. The lowest BCUT2D eigenvalue weighted by molar-refractivity contribution is 0.832. The van der Waals surface area contributed by atoms with Gasteiger partial charge in [-0.15, -0.1) is 0 Å². The summed E-state index contributed by atoms with van der Waals surface area (Å²) in [6.45, 7) is 4.00. The summed E-state index contributed by atoms with van der Waals surface area (Å²) < 4.78 is 0. The van der Waals surface area contributed by atoms with Gasteiger partial charge < -0.3 is 0 Å². The zero-order valence-corrected chi connectivity index (χ0v) is 8.09. The topological polar surface area (TPSA) is 0 Å². The van der Waals surface area contributed by atoms with Gasteiger partial charge in [0.05, 0.1) is 0 Å². The molecule has 0 amide bonds. The fourth-order valence-electron chi connectivity index (χ4n) is 1.27. The largest absolute Gasteiger partial charge is 0.0683 e. The van der Waals surface area contributed by atoms with E-state index in [0.29, 0.717) is 0 Å². The molecule has 1 fully saturated rings. The Balaban J connectivity index is 0.000000336. The van der Waals surface area contributed by atoms with Crippen molar-refractivity contribution < 1.29 is 0 Å². The van der Waals surface area contributed by atoms with Crippen LogP contribution in [0.2, 0.25) is 0 Å². The lowest BCUT2D eigenvalue weighted by atomic mass is 10.1. The predicted molar refractivity (Wildman–Crippen MR) is 54.2 cm³/mol. The SMILES string of the molecule is CC.c1ccc(CC2CC2)cc1. The van der Waals surface area contributed by atoms with Crippen LogP contribution in [0.3, 0.4) is 0 Å². The standard InChI is InChI=1S/C10H12.C2H6/c1-2-4-9(5-3-1)8-10-6-7-10;1-2/h1-5,10H,6-8H2;1-2H3. The molecule has 0 atom stereocenters. The van der Waals surface area contributed by atoms with E-state index in [1.165, 1.54) is 24.8 Å². The Morgan fingerprint density at radius 3 is 2.17 bits per heavy atom. The Morgan fingerprint density at radius 1 is 1.08 bits per heavy atom. The van der Waals surface area contributed by atoms with E-state index < -0.39 is 0 Å². The van der Waals surface area contributed by atoms with Crippen molar-refractivity contribution in [1.29, 1.82) is 0 Å². The maximum absolute atomic E-state index is 2.22. The van der Waals surface area contributed by atoms with Gasteiger partial charge in [0.15, 0.2) is 0 Å². The van der Waals surface area contributed by atoms with Crippen LogP contribution in [0.15, 0.2) is 30.3 Å². The predicted octanol–water partition coefficient (Wildman–Crippen LogP) is 3.67. The van der Waals surface area contributed by atoms with E-state index in [9.17, 15) is 0 Å². The first kappa shape index (κ1) is 9.31. The minimum atomic E-state index is 1.02. The average molecular weight is 162 g/mol. The molecule has 1 aliphatic carbocycles. The normalized spacial score (nSPS) is 14.8. The van der Waals surface area contributed by atoms with Crippen molar-refractivity contribution in [3.05, 3.63) is 35.9 Å². The van der Waals surface area contributed by atoms with E-state index in [2.05, 4.69) is 30.3 Å². The molecule has 0 heteroatoms. The molecule has 0 saturated heterocycles. The van der Waals surface area contributed by atoms with Crippen LogP contribution < -0.4 is 0 Å². The van der Waals surface area contributed by atoms with Gasteiger partial charge in [-0.2, -0.15) is 0 Å². The molecule has 0 N–H and O–H groups in total. The van der Waals surface area contributed by atoms with Crippen molar-refractivity contribution in [2.75, 3.05) is 0 Å². The molecule has 1 saturated carbocycles. The summed E-state index contributed by atoms with van der Waals surface area (Å²) in [5.41, 5.74) is 1.50. The zero-order valence-electron chi connectivity index (χ0n) is 8.09. The summed E-state index contributed by atoms with van der Waals surface area (Å²) in [6.07, 6.45) is 4.21. The Kier molecular flexibility index (Phi) is 3.86. The smallest absolute Gasteiger partial charge is 0.0250 e. The van der Waals surface area contributed by atoms with E-state index >= 15 is 0 Å². The lowest BCUT2D eigenvalue weighted by Gasteiger charge is -1.95. The molecule has 1 aromatic rings. The highest BCUT2D eigenvalue weighted by molar-refractivity contribution is 5.15. The molecular formula is C12H18. The minimum Gasteiger partial charge on any atom is -0.0683 e. The first-order valence-corrected chi connectivity index (χ1v) is 4.99. The highest BCUT2D eigenvalue weighted by Crippen LogP contribution is 2.32. The van der Waals surface area contributed by atoms with Crippen molar-refractivity contribution in [3.63, 3.8) is 0 Å². The van der Waals surface area contributed by atoms with Gasteiger partial charge >= 0.3 is 0 Å². The summed E-state index contributed by atoms with van der Waals surface area (Å²) in [5.74, 6) is 1.02. The van der Waals surface area contributed by atoms with E-state index in [1.54, 1.807) is 0 Å². The van der Waals surface area contributed by atoms with Gasteiger partial charge in [0, 0.05) is 0 Å². The molecule has 0 radical (unpaired) electrons. The molecule has 0 nitrogen and oxygen atoms in total. The molecule has 2 rings (SSSR count). The van der Waals surface area contributed by atoms with Crippen molar-refractivity contribution in [1.82, 2.24) is 0 Å². The van der Waals surface area contributed by atoms with Crippen molar-refractivity contribution in [3.8, 4) is 0 Å². The summed E-state index contributed by atoms with van der Waals surface area (Å²) in [4.78, 5) is 0. The third-order valence-electron chi connectivity index (χ3n) is 2.06. The Bertz CT molecular complexity index is 197. The van der Waals surface area contributed by atoms with Crippen molar-refractivity contribution >= 4 is 0 Å². The Labute approximate surface area is 75.6 Å². The van der Waals surface area contributed by atoms with E-state index in [0.717, 1.165) is 5.92 Å². The van der Waals surface area contributed by atoms with Crippen molar-refractivity contribution in [2.24, 2.45) is 5.92 Å². The molecule has 0 aromatic heterocycles. The molecule has 0 unspecified atom stereocenters. The second-order valence-corrected chi connectivity index (χ2v) is 3.13. The number of hydrogen-bond donors (Lipinski definition) is 0. The number of hydrogen-bond acceptors (Lipinski definition) is 0. The summed E-state index contributed by atoms with van der Waals surface area (Å²) in [6, 6.07) is 10.8. The van der Waals surface area contributed by atoms with E-state index in [1.807, 2.05) is 13.8 Å². The summed E-state index contributed by atoms with van der Waals surface area (Å²) in [7, 11) is 0. The Morgan fingerprint density at radius 2 is 1.67 bits per heavy atom. The molecule has 1 aliphatic rings. The van der Waals surface area contributed by atoms with E-state index in [-0.39, 0.29) is 0 Å². The maximum atomic E-state index is 2.22. The highest BCUT2D eigenvalue weighted by atomic mass is 14.3. The van der Waals surface area contributed by atoms with Crippen LogP contribution in [-0.4, -0.2) is 0 Å². The lowest BCUT2D eigenvalue weighted by Crippen LogP contribution is -1.84. The number of benzene rings is 1. The molecule has 66 valence electrons. The van der Waals surface area contributed by atoms with Crippen molar-refractivity contribution in [2.45, 2.75) is 33.1 Å². The summed E-state index contributed by atoms with van der Waals surface area (Å²) >= 11 is 0. The molecular weight excluding hydrogens is 144 g/mol. The summed E-state index contributed by atoms with van der Waals surface area (Å²) in [5, 5.41) is 0. The van der Waals surface area contributed by atoms with Gasteiger partial charge in [-0.05, 0) is 30.7 Å². The Hall–Kier alpha value is -0.780. The van der Waals surface area contributed by atoms with Gasteiger partial charge in [-0.25, -0.2) is 0 Å². The number of rotatable bonds is 2. The van der Waals surface area contributed by atoms with Gasteiger partial charge in [-0.3, -0.25) is 0 Å². The van der Waals surface area contributed by atoms with Crippen LogP contribution in [0.1, 0.15) is 32.3 Å². The molecule has 12 heavy (non-hydrogen) atoms. The highest BCUT2D eigenvalue weighted by Gasteiger charge is 2.20. The second kappa shape index (κ2) is 4.97. The van der Waals surface area contributed by atoms with Crippen LogP contribution in [0.4, 0.5) is 0 Å². The van der Waals surface area contributed by atoms with Gasteiger partial charge in [-0.1, -0.05) is 44.2 Å². The van der Waals surface area contributed by atoms with Crippen LogP contribution in [0.5, 0.6) is 0 Å². The molecule has 0 aliphatic heterocycles. The maximum Gasteiger partial charge on any atom is -0.0250 e. The fraction of sp³-hybridized carbons (Fsp3) is 0.500. The molecule has 0 bridgehead atoms. The quantitative estimate of drug-likeness (QED) is 0.622. The average Bonchev–Trinajstić information content (AvgIpc) is 2.94.